The van der Waals surface area contributed by atoms with E-state index in [0.29, 0.717) is 0 Å². The number of aryl methyl sites for hydroxylation is 1. The summed E-state index contributed by atoms with van der Waals surface area (Å²) in [5.74, 6) is 1.63. The quantitative estimate of drug-likeness (QED) is 0.915. The van der Waals surface area contributed by atoms with Crippen molar-refractivity contribution in [2.45, 2.75) is 46.1 Å². The van der Waals surface area contributed by atoms with Gasteiger partial charge in [-0.3, -0.25) is 4.79 Å². The van der Waals surface area contributed by atoms with Crippen molar-refractivity contribution < 1.29 is 4.79 Å². The lowest BCUT2D eigenvalue weighted by atomic mass is 9.99. The number of carbonyl (C=O) groups is 1. The zero-order valence-electron chi connectivity index (χ0n) is 14.3. The summed E-state index contributed by atoms with van der Waals surface area (Å²) in [7, 11) is 0. The van der Waals surface area contributed by atoms with Crippen LogP contribution in [0.15, 0.2) is 17.6 Å². The molecule has 3 rings (SSSR count). The summed E-state index contributed by atoms with van der Waals surface area (Å²) in [6, 6.07) is 1.87. The van der Waals surface area contributed by atoms with E-state index in [-0.39, 0.29) is 17.9 Å². The van der Waals surface area contributed by atoms with E-state index in [2.05, 4.69) is 20.3 Å². The van der Waals surface area contributed by atoms with Gasteiger partial charge in [-0.15, -0.1) is 11.3 Å². The van der Waals surface area contributed by atoms with Crippen molar-refractivity contribution in [3.63, 3.8) is 0 Å². The summed E-state index contributed by atoms with van der Waals surface area (Å²) in [6.45, 7) is 6.63. The van der Waals surface area contributed by atoms with E-state index < -0.39 is 0 Å². The predicted octanol–water partition coefficient (Wildman–Crippen LogP) is 3.69. The number of rotatable bonds is 4. The van der Waals surface area contributed by atoms with Crippen LogP contribution in [-0.2, 0) is 4.79 Å². The minimum atomic E-state index is -0.0367. The maximum atomic E-state index is 12.6. The van der Waals surface area contributed by atoms with Crippen molar-refractivity contribution in [3.05, 3.63) is 29.2 Å². The normalized spacial score (nSPS) is 18.0. The summed E-state index contributed by atoms with van der Waals surface area (Å²) < 4.78 is 0. The van der Waals surface area contributed by atoms with Gasteiger partial charge in [-0.25, -0.2) is 15.0 Å². The maximum Gasteiger partial charge on any atom is 0.225 e. The molecular weight excluding hydrogens is 322 g/mol. The van der Waals surface area contributed by atoms with Crippen molar-refractivity contribution in [2.75, 3.05) is 11.9 Å². The highest BCUT2D eigenvalue weighted by atomic mass is 32.1. The Labute approximate surface area is 146 Å². The van der Waals surface area contributed by atoms with E-state index >= 15 is 0 Å². The van der Waals surface area contributed by atoms with Crippen LogP contribution < -0.4 is 5.32 Å². The molecule has 128 valence electrons. The molecule has 0 bridgehead atoms. The van der Waals surface area contributed by atoms with Crippen molar-refractivity contribution in [1.82, 2.24) is 19.9 Å². The van der Waals surface area contributed by atoms with Gasteiger partial charge in [0.1, 0.15) is 5.82 Å². The molecule has 0 aliphatic carbocycles. The molecule has 1 saturated heterocycles. The molecule has 0 aromatic carbocycles. The van der Waals surface area contributed by atoms with Crippen LogP contribution in [0.25, 0.3) is 0 Å². The fourth-order valence-electron chi connectivity index (χ4n) is 2.99. The number of nitrogens with one attached hydrogen (secondary N) is 1. The fraction of sp³-hybridized carbons (Fsp3) is 0.529. The number of hydrogen-bond acceptors (Lipinski definition) is 6. The molecule has 0 unspecified atom stereocenters. The first-order chi connectivity index (χ1) is 11.5. The second-order valence-electron chi connectivity index (χ2n) is 6.41. The van der Waals surface area contributed by atoms with Gasteiger partial charge >= 0.3 is 0 Å². The molecule has 2 aromatic heterocycles. The van der Waals surface area contributed by atoms with Gasteiger partial charge in [-0.1, -0.05) is 13.8 Å². The molecule has 1 fully saturated rings. The second-order valence-corrected chi connectivity index (χ2v) is 7.31. The summed E-state index contributed by atoms with van der Waals surface area (Å²) >= 11 is 1.53. The number of nitrogens with zero attached hydrogens (tertiary/aromatic N) is 4. The molecular formula is C17H23N5OS. The first-order valence-corrected chi connectivity index (χ1v) is 9.25. The Balaban J connectivity index is 1.88. The lowest BCUT2D eigenvalue weighted by molar-refractivity contribution is -0.138. The van der Waals surface area contributed by atoms with Gasteiger partial charge in [-0.2, -0.15) is 0 Å². The summed E-state index contributed by atoms with van der Waals surface area (Å²) in [6.07, 6.45) is 4.81. The Morgan fingerprint density at radius 1 is 1.38 bits per heavy atom. The van der Waals surface area contributed by atoms with Crippen molar-refractivity contribution in [2.24, 2.45) is 5.92 Å². The van der Waals surface area contributed by atoms with Crippen LogP contribution in [-0.4, -0.2) is 32.3 Å². The Morgan fingerprint density at radius 3 is 2.92 bits per heavy atom. The molecule has 1 amide bonds. The van der Waals surface area contributed by atoms with Gasteiger partial charge in [0, 0.05) is 35.8 Å². The molecule has 0 spiro atoms. The molecule has 2 aromatic rings. The van der Waals surface area contributed by atoms with Crippen molar-refractivity contribution in [1.29, 1.82) is 0 Å². The predicted molar refractivity (Wildman–Crippen MR) is 95.3 cm³/mol. The number of aromatic nitrogens is 3. The Morgan fingerprint density at radius 2 is 2.21 bits per heavy atom. The third kappa shape index (κ3) is 3.72. The minimum Gasteiger partial charge on any atom is -0.332 e. The van der Waals surface area contributed by atoms with Crippen molar-refractivity contribution in [3.8, 4) is 0 Å². The van der Waals surface area contributed by atoms with E-state index in [9.17, 15) is 4.79 Å². The average molecular weight is 345 g/mol. The zero-order chi connectivity index (χ0) is 17.1. The molecule has 1 aliphatic rings. The van der Waals surface area contributed by atoms with Gasteiger partial charge in [0.25, 0.3) is 0 Å². The van der Waals surface area contributed by atoms with E-state index in [4.69, 9.17) is 0 Å². The van der Waals surface area contributed by atoms with Crippen LogP contribution >= 0.6 is 11.3 Å². The second kappa shape index (κ2) is 7.25. The number of thiazole rings is 1. The smallest absolute Gasteiger partial charge is 0.225 e. The van der Waals surface area contributed by atoms with Crippen molar-refractivity contribution >= 4 is 28.2 Å². The Hall–Kier alpha value is -2.02. The fourth-order valence-corrected chi connectivity index (χ4v) is 3.53. The first-order valence-electron chi connectivity index (χ1n) is 8.37. The number of carbonyl (C=O) groups excluding carboxylic acids is 1. The van der Waals surface area contributed by atoms with Crippen LogP contribution in [0.1, 0.15) is 50.7 Å². The van der Waals surface area contributed by atoms with Gasteiger partial charge in [0.15, 0.2) is 11.0 Å². The Bertz CT molecular complexity index is 701. The molecule has 3 heterocycles. The highest BCUT2D eigenvalue weighted by Gasteiger charge is 2.31. The monoisotopic (exact) mass is 345 g/mol. The average Bonchev–Trinajstić information content (AvgIpc) is 3.06. The molecule has 6 nitrogen and oxygen atoms in total. The highest BCUT2D eigenvalue weighted by Crippen LogP contribution is 2.31. The van der Waals surface area contributed by atoms with Gasteiger partial charge in [-0.05, 0) is 26.2 Å². The topological polar surface area (TPSA) is 71.0 Å². The van der Waals surface area contributed by atoms with Gasteiger partial charge in [0.2, 0.25) is 5.91 Å². The lowest BCUT2D eigenvalue weighted by Crippen LogP contribution is -2.41. The number of anilines is 2. The van der Waals surface area contributed by atoms with E-state index in [1.54, 1.807) is 6.20 Å². The standard InChI is InChI=1S/C17H23N5OS/c1-11(2)16(23)22-8-5-4-6-13(22)15-19-12(3)10-14(20-15)21-17-18-7-9-24-17/h7,9-11,13H,4-6,8H2,1-3H3,(H,18,19,20,21)/t13-/m1/s1. The number of piperidine rings is 1. The molecule has 0 saturated carbocycles. The lowest BCUT2D eigenvalue weighted by Gasteiger charge is -2.36. The largest absolute Gasteiger partial charge is 0.332 e. The Kier molecular flexibility index (Phi) is 5.08. The number of hydrogen-bond donors (Lipinski definition) is 1. The van der Waals surface area contributed by atoms with Crippen LogP contribution in [0, 0.1) is 12.8 Å². The molecule has 1 aliphatic heterocycles. The first kappa shape index (κ1) is 16.8. The van der Waals surface area contributed by atoms with E-state index in [1.165, 1.54) is 11.3 Å². The molecule has 1 atom stereocenters. The summed E-state index contributed by atoms with van der Waals surface area (Å²) in [5.41, 5.74) is 0.890. The van der Waals surface area contributed by atoms with Crippen LogP contribution in [0.3, 0.4) is 0 Å². The third-order valence-electron chi connectivity index (χ3n) is 4.12. The molecule has 7 heteroatoms. The van der Waals surface area contributed by atoms with Crippen LogP contribution in [0.2, 0.25) is 0 Å². The van der Waals surface area contributed by atoms with Gasteiger partial charge in [0.05, 0.1) is 6.04 Å². The zero-order valence-corrected chi connectivity index (χ0v) is 15.1. The number of likely N-dealkylation sites (tertiary alicyclic amines) is 1. The van der Waals surface area contributed by atoms with E-state index in [0.717, 1.165) is 48.3 Å². The molecule has 24 heavy (non-hydrogen) atoms. The third-order valence-corrected chi connectivity index (χ3v) is 4.81. The molecule has 0 radical (unpaired) electrons. The number of amides is 1. The van der Waals surface area contributed by atoms with Crippen LogP contribution in [0.4, 0.5) is 10.9 Å². The van der Waals surface area contributed by atoms with Gasteiger partial charge < -0.3 is 10.2 Å². The highest BCUT2D eigenvalue weighted by molar-refractivity contribution is 7.13. The maximum absolute atomic E-state index is 12.6. The molecule has 1 N–H and O–H groups in total. The van der Waals surface area contributed by atoms with Crippen LogP contribution in [0.5, 0.6) is 0 Å². The SMILES string of the molecule is Cc1cc(Nc2nccs2)nc([C@H]2CCCCN2C(=O)C(C)C)n1. The summed E-state index contributed by atoms with van der Waals surface area (Å²) in [5, 5.41) is 5.95. The van der Waals surface area contributed by atoms with E-state index in [1.807, 2.05) is 37.1 Å². The minimum absolute atomic E-state index is 0.0108. The summed E-state index contributed by atoms with van der Waals surface area (Å²) in [4.78, 5) is 28.0.